The van der Waals surface area contributed by atoms with Crippen LogP contribution in [0.25, 0.3) is 0 Å². The van der Waals surface area contributed by atoms with Gasteiger partial charge in [0.2, 0.25) is 0 Å². The summed E-state index contributed by atoms with van der Waals surface area (Å²) in [7, 11) is 0. The van der Waals surface area contributed by atoms with Crippen molar-refractivity contribution < 1.29 is 9.53 Å². The molecule has 2 aromatic carbocycles. The van der Waals surface area contributed by atoms with Gasteiger partial charge in [-0.15, -0.1) is 0 Å². The Morgan fingerprint density at radius 2 is 1.72 bits per heavy atom. The number of rotatable bonds is 8. The number of hydrogen-bond acceptors (Lipinski definition) is 2. The number of ether oxygens (including phenoxy) is 1. The first-order chi connectivity index (χ1) is 13.8. The van der Waals surface area contributed by atoms with Gasteiger partial charge >= 0.3 is 6.03 Å². The zero-order valence-electron chi connectivity index (χ0n) is 18.2. The number of hydrogen-bond donors (Lipinski definition) is 2. The molecule has 0 aliphatic heterocycles. The maximum Gasteiger partial charge on any atom is 0.319 e. The van der Waals surface area contributed by atoms with Crippen LogP contribution in [0, 0.1) is 0 Å². The van der Waals surface area contributed by atoms with Gasteiger partial charge in [0, 0.05) is 12.2 Å². The summed E-state index contributed by atoms with van der Waals surface area (Å²) in [5.74, 6) is 0.826. The molecular formula is C24H33BrN2O2. The fourth-order valence-corrected chi connectivity index (χ4v) is 3.59. The standard InChI is InChI=1S/C24H33BrN2O2/c1-6-17-10-8-11-18(7-2)22(17)27-23(28)26-14-9-15-29-21-13-12-19(16-20(21)25)24(3,4)5/h8,10-13,16H,6-7,9,14-15H2,1-5H3,(H2,26,27,28). The number of halogens is 1. The van der Waals surface area contributed by atoms with Gasteiger partial charge in [-0.05, 0) is 69.4 Å². The Morgan fingerprint density at radius 3 is 2.28 bits per heavy atom. The quantitative estimate of drug-likeness (QED) is 0.443. The fourth-order valence-electron chi connectivity index (χ4n) is 3.10. The van der Waals surface area contributed by atoms with Gasteiger partial charge in [0.1, 0.15) is 5.75 Å². The number of amides is 2. The molecule has 158 valence electrons. The molecule has 2 amide bonds. The average molecular weight is 461 g/mol. The molecule has 0 spiro atoms. The fraction of sp³-hybridized carbons (Fsp3) is 0.458. The van der Waals surface area contributed by atoms with Gasteiger partial charge in [-0.1, -0.05) is 58.9 Å². The number of carbonyl (C=O) groups excluding carboxylic acids is 1. The van der Waals surface area contributed by atoms with Gasteiger partial charge in [0.15, 0.2) is 0 Å². The van der Waals surface area contributed by atoms with Crippen molar-refractivity contribution in [3.05, 3.63) is 57.6 Å². The SMILES string of the molecule is CCc1cccc(CC)c1NC(=O)NCCCOc1ccc(C(C)(C)C)cc1Br. The summed E-state index contributed by atoms with van der Waals surface area (Å²) in [4.78, 5) is 12.3. The highest BCUT2D eigenvalue weighted by atomic mass is 79.9. The summed E-state index contributed by atoms with van der Waals surface area (Å²) in [6.45, 7) is 11.9. The van der Waals surface area contributed by atoms with Crippen LogP contribution in [0.4, 0.5) is 10.5 Å². The van der Waals surface area contributed by atoms with Crippen molar-refractivity contribution in [2.45, 2.75) is 59.3 Å². The number of aryl methyl sites for hydroxylation is 2. The van der Waals surface area contributed by atoms with Crippen molar-refractivity contribution in [1.82, 2.24) is 5.32 Å². The van der Waals surface area contributed by atoms with Gasteiger partial charge in [-0.3, -0.25) is 0 Å². The monoisotopic (exact) mass is 460 g/mol. The summed E-state index contributed by atoms with van der Waals surface area (Å²) < 4.78 is 6.82. The van der Waals surface area contributed by atoms with Gasteiger partial charge in [-0.2, -0.15) is 0 Å². The van der Waals surface area contributed by atoms with Gasteiger partial charge in [0.05, 0.1) is 11.1 Å². The van der Waals surface area contributed by atoms with E-state index >= 15 is 0 Å². The van der Waals surface area contributed by atoms with Crippen LogP contribution in [0.15, 0.2) is 40.9 Å². The van der Waals surface area contributed by atoms with E-state index in [1.807, 2.05) is 12.1 Å². The van der Waals surface area contributed by atoms with E-state index in [0.29, 0.717) is 13.2 Å². The molecule has 0 fully saturated rings. The second-order valence-electron chi connectivity index (χ2n) is 8.14. The topological polar surface area (TPSA) is 50.4 Å². The lowest BCUT2D eigenvalue weighted by Crippen LogP contribution is -2.31. The van der Waals surface area contributed by atoms with Crippen LogP contribution in [-0.2, 0) is 18.3 Å². The second-order valence-corrected chi connectivity index (χ2v) is 8.99. The largest absolute Gasteiger partial charge is 0.492 e. The maximum atomic E-state index is 12.3. The van der Waals surface area contributed by atoms with E-state index in [4.69, 9.17) is 4.74 Å². The number of urea groups is 1. The first-order valence-electron chi connectivity index (χ1n) is 10.3. The van der Waals surface area contributed by atoms with Gasteiger partial charge < -0.3 is 15.4 Å². The number of carbonyl (C=O) groups is 1. The molecule has 4 nitrogen and oxygen atoms in total. The van der Waals surface area contributed by atoms with Crippen molar-refractivity contribution in [2.75, 3.05) is 18.5 Å². The normalized spacial score (nSPS) is 11.2. The molecule has 0 saturated carbocycles. The summed E-state index contributed by atoms with van der Waals surface area (Å²) in [5, 5.41) is 5.94. The molecule has 0 heterocycles. The van der Waals surface area contributed by atoms with E-state index in [-0.39, 0.29) is 11.4 Å². The zero-order chi connectivity index (χ0) is 21.4. The number of nitrogens with one attached hydrogen (secondary N) is 2. The van der Waals surface area contributed by atoms with E-state index in [0.717, 1.165) is 46.3 Å². The molecule has 0 unspecified atom stereocenters. The Bertz CT molecular complexity index is 806. The third kappa shape index (κ3) is 6.77. The van der Waals surface area contributed by atoms with Gasteiger partial charge in [-0.25, -0.2) is 4.79 Å². The summed E-state index contributed by atoms with van der Waals surface area (Å²) >= 11 is 3.59. The molecule has 2 N–H and O–H groups in total. The molecule has 0 radical (unpaired) electrons. The minimum atomic E-state index is -0.170. The smallest absolute Gasteiger partial charge is 0.319 e. The third-order valence-corrected chi connectivity index (χ3v) is 5.52. The van der Waals surface area contributed by atoms with Crippen molar-refractivity contribution in [3.63, 3.8) is 0 Å². The second kappa shape index (κ2) is 10.7. The van der Waals surface area contributed by atoms with Crippen LogP contribution in [0.1, 0.15) is 57.7 Å². The Balaban J connectivity index is 1.80. The summed E-state index contributed by atoms with van der Waals surface area (Å²) in [5.41, 5.74) is 4.62. The minimum absolute atomic E-state index is 0.104. The van der Waals surface area contributed by atoms with Crippen LogP contribution in [0.2, 0.25) is 0 Å². The molecule has 29 heavy (non-hydrogen) atoms. The van der Waals surface area contributed by atoms with Crippen LogP contribution in [-0.4, -0.2) is 19.2 Å². The van der Waals surface area contributed by atoms with E-state index in [1.165, 1.54) is 5.56 Å². The molecule has 2 aromatic rings. The molecular weight excluding hydrogens is 428 g/mol. The Hall–Kier alpha value is -2.01. The third-order valence-electron chi connectivity index (χ3n) is 4.90. The summed E-state index contributed by atoms with van der Waals surface area (Å²) in [6.07, 6.45) is 2.51. The molecule has 0 aromatic heterocycles. The highest BCUT2D eigenvalue weighted by Crippen LogP contribution is 2.31. The van der Waals surface area contributed by atoms with E-state index in [1.54, 1.807) is 0 Å². The van der Waals surface area contributed by atoms with E-state index in [9.17, 15) is 4.79 Å². The van der Waals surface area contributed by atoms with Crippen molar-refractivity contribution in [1.29, 1.82) is 0 Å². The lowest BCUT2D eigenvalue weighted by atomic mass is 9.87. The van der Waals surface area contributed by atoms with Crippen LogP contribution in [0.3, 0.4) is 0 Å². The molecule has 0 aliphatic rings. The Kier molecular flexibility index (Phi) is 8.57. The van der Waals surface area contributed by atoms with Crippen molar-refractivity contribution >= 4 is 27.6 Å². The van der Waals surface area contributed by atoms with Crippen molar-refractivity contribution in [3.8, 4) is 5.75 Å². The summed E-state index contributed by atoms with van der Waals surface area (Å²) in [6, 6.07) is 12.2. The molecule has 0 atom stereocenters. The predicted octanol–water partition coefficient (Wildman–Crippen LogP) is 6.46. The number of para-hydroxylation sites is 1. The minimum Gasteiger partial charge on any atom is -0.492 e. The lowest BCUT2D eigenvalue weighted by molar-refractivity contribution is 0.250. The first-order valence-corrected chi connectivity index (χ1v) is 11.1. The van der Waals surface area contributed by atoms with Crippen LogP contribution < -0.4 is 15.4 Å². The lowest BCUT2D eigenvalue weighted by Gasteiger charge is -2.20. The highest BCUT2D eigenvalue weighted by Gasteiger charge is 2.15. The van der Waals surface area contributed by atoms with Crippen molar-refractivity contribution in [2.24, 2.45) is 0 Å². The predicted molar refractivity (Wildman–Crippen MR) is 125 cm³/mol. The van der Waals surface area contributed by atoms with Crippen LogP contribution in [0.5, 0.6) is 5.75 Å². The molecule has 0 bridgehead atoms. The zero-order valence-corrected chi connectivity index (χ0v) is 19.8. The highest BCUT2D eigenvalue weighted by molar-refractivity contribution is 9.10. The van der Waals surface area contributed by atoms with Crippen LogP contribution >= 0.6 is 15.9 Å². The first kappa shape index (κ1) is 23.3. The van der Waals surface area contributed by atoms with Gasteiger partial charge in [0.25, 0.3) is 0 Å². The average Bonchev–Trinajstić information content (AvgIpc) is 2.68. The number of benzene rings is 2. The van der Waals surface area contributed by atoms with E-state index in [2.05, 4.69) is 85.4 Å². The Morgan fingerprint density at radius 1 is 1.07 bits per heavy atom. The molecule has 0 saturated heterocycles. The molecule has 0 aliphatic carbocycles. The number of anilines is 1. The van der Waals surface area contributed by atoms with E-state index < -0.39 is 0 Å². The molecule has 5 heteroatoms. The maximum absolute atomic E-state index is 12.3. The molecule has 2 rings (SSSR count). The Labute approximate surface area is 183 Å².